The summed E-state index contributed by atoms with van der Waals surface area (Å²) in [6, 6.07) is 4.35. The Morgan fingerprint density at radius 1 is 1.43 bits per heavy atom. The smallest absolute Gasteiger partial charge is 0.328 e. The van der Waals surface area contributed by atoms with Gasteiger partial charge in [0.25, 0.3) is 10.0 Å². The Labute approximate surface area is 124 Å². The number of sulfonamides is 1. The van der Waals surface area contributed by atoms with E-state index in [1.807, 2.05) is 0 Å². The Bertz CT molecular complexity index is 785. The maximum atomic E-state index is 12.1. The molecule has 21 heavy (non-hydrogen) atoms. The van der Waals surface area contributed by atoms with Crippen LogP contribution in [0.3, 0.4) is 0 Å². The molecule has 0 unspecified atom stereocenters. The van der Waals surface area contributed by atoms with E-state index in [0.717, 1.165) is 17.6 Å². The number of rotatable bonds is 5. The molecule has 10 heteroatoms. The fraction of sp³-hybridized carbons (Fsp3) is 0.0909. The van der Waals surface area contributed by atoms with Crippen molar-refractivity contribution in [2.75, 3.05) is 4.72 Å². The number of nitrogens with one attached hydrogen (secondary N) is 1. The number of anilines is 1. The highest BCUT2D eigenvalue weighted by molar-refractivity contribution is 7.93. The zero-order valence-corrected chi connectivity index (χ0v) is 12.3. The van der Waals surface area contributed by atoms with Crippen LogP contribution in [0.4, 0.5) is 5.13 Å². The van der Waals surface area contributed by atoms with E-state index in [0.29, 0.717) is 11.1 Å². The van der Waals surface area contributed by atoms with Gasteiger partial charge in [0.15, 0.2) is 0 Å². The molecule has 0 saturated heterocycles. The number of hydrogen-bond donors (Lipinski definition) is 2. The van der Waals surface area contributed by atoms with Crippen LogP contribution in [0.2, 0.25) is 0 Å². The summed E-state index contributed by atoms with van der Waals surface area (Å²) in [6.07, 6.45) is 2.39. The van der Waals surface area contributed by atoms with Crippen LogP contribution in [0.1, 0.15) is 11.1 Å². The molecule has 0 fully saturated rings. The summed E-state index contributed by atoms with van der Waals surface area (Å²) in [5.41, 5.74) is 1.25. The monoisotopic (exact) mass is 326 g/mol. The summed E-state index contributed by atoms with van der Waals surface area (Å²) in [5.74, 6) is -1.07. The molecule has 2 aromatic rings. The minimum absolute atomic E-state index is 0.0441. The summed E-state index contributed by atoms with van der Waals surface area (Å²) < 4.78 is 29.9. The van der Waals surface area contributed by atoms with E-state index >= 15 is 0 Å². The van der Waals surface area contributed by atoms with Crippen LogP contribution >= 0.6 is 11.5 Å². The Balaban J connectivity index is 2.29. The molecule has 0 aliphatic heterocycles. The van der Waals surface area contributed by atoms with Gasteiger partial charge in [-0.1, -0.05) is 15.7 Å². The van der Waals surface area contributed by atoms with Crippen LogP contribution in [-0.4, -0.2) is 34.3 Å². The number of hydrogen-bond acceptors (Lipinski definition) is 7. The van der Waals surface area contributed by atoms with Gasteiger partial charge in [0.2, 0.25) is 5.13 Å². The first kappa shape index (κ1) is 15.1. The summed E-state index contributed by atoms with van der Waals surface area (Å²) >= 11 is 0.824. The lowest BCUT2D eigenvalue weighted by molar-refractivity contribution is -0.131. The van der Waals surface area contributed by atoms with Gasteiger partial charge in [-0.05, 0) is 41.5 Å². The highest BCUT2D eigenvalue weighted by Crippen LogP contribution is 2.19. The maximum Gasteiger partial charge on any atom is 0.328 e. The van der Waals surface area contributed by atoms with Crippen molar-refractivity contribution >= 4 is 38.7 Å². The molecule has 1 aromatic carbocycles. The number of aliphatic carboxylic acids is 1. The third-order valence-electron chi connectivity index (χ3n) is 2.48. The van der Waals surface area contributed by atoms with Crippen molar-refractivity contribution in [2.24, 2.45) is 0 Å². The highest BCUT2D eigenvalue weighted by atomic mass is 32.2. The Morgan fingerprint density at radius 3 is 2.76 bits per heavy atom. The Hall–Kier alpha value is -2.33. The largest absolute Gasteiger partial charge is 0.478 e. The maximum absolute atomic E-state index is 12.1. The van der Waals surface area contributed by atoms with Gasteiger partial charge in [-0.2, -0.15) is 0 Å². The first-order valence-electron chi connectivity index (χ1n) is 5.58. The van der Waals surface area contributed by atoms with E-state index in [9.17, 15) is 13.2 Å². The molecule has 2 rings (SSSR count). The second kappa shape index (κ2) is 5.97. The average molecular weight is 326 g/mol. The van der Waals surface area contributed by atoms with E-state index in [1.54, 1.807) is 6.92 Å². The van der Waals surface area contributed by atoms with Gasteiger partial charge in [0.1, 0.15) is 0 Å². The molecule has 8 nitrogen and oxygen atoms in total. The van der Waals surface area contributed by atoms with Crippen molar-refractivity contribution in [2.45, 2.75) is 11.8 Å². The zero-order chi connectivity index (χ0) is 15.5. The quantitative estimate of drug-likeness (QED) is 0.790. The molecule has 0 bridgehead atoms. The highest BCUT2D eigenvalue weighted by Gasteiger charge is 2.16. The van der Waals surface area contributed by atoms with Crippen LogP contribution in [0.5, 0.6) is 0 Å². The van der Waals surface area contributed by atoms with Gasteiger partial charge in [0, 0.05) is 17.6 Å². The van der Waals surface area contributed by atoms with Crippen molar-refractivity contribution in [3.05, 3.63) is 35.4 Å². The standard InChI is InChI=1S/C11H10N4O4S2/c1-7-6-9(4-2-8(7)3-5-10(16)17)21(18,19)13-11-12-14-15-20-11/h2-6H,1H3,(H,16,17)(H,12,13,15)/b5-3+. The summed E-state index contributed by atoms with van der Waals surface area (Å²) in [6.45, 7) is 1.69. The Morgan fingerprint density at radius 2 is 2.19 bits per heavy atom. The third-order valence-corrected chi connectivity index (χ3v) is 4.46. The first-order valence-corrected chi connectivity index (χ1v) is 7.83. The number of carboxylic acids is 1. The normalized spacial score (nSPS) is 11.7. The molecule has 0 atom stereocenters. The van der Waals surface area contributed by atoms with Gasteiger partial charge >= 0.3 is 5.97 Å². The molecule has 0 saturated carbocycles. The second-order valence-corrected chi connectivity index (χ2v) is 6.38. The van der Waals surface area contributed by atoms with Gasteiger partial charge in [-0.25, -0.2) is 13.2 Å². The predicted octanol–water partition coefficient (Wildman–Crippen LogP) is 1.14. The second-order valence-electron chi connectivity index (χ2n) is 3.96. The molecular formula is C11H10N4O4S2. The molecule has 0 aliphatic carbocycles. The Kier molecular flexibility index (Phi) is 4.29. The molecule has 1 aromatic heterocycles. The number of carboxylic acid groups (broad SMARTS) is 1. The lowest BCUT2D eigenvalue weighted by Crippen LogP contribution is -2.13. The van der Waals surface area contributed by atoms with Crippen molar-refractivity contribution in [1.29, 1.82) is 0 Å². The lowest BCUT2D eigenvalue weighted by Gasteiger charge is -2.07. The van der Waals surface area contributed by atoms with E-state index in [4.69, 9.17) is 5.11 Å². The third kappa shape index (κ3) is 3.83. The topological polar surface area (TPSA) is 122 Å². The molecule has 110 valence electrons. The van der Waals surface area contributed by atoms with Gasteiger partial charge < -0.3 is 5.11 Å². The number of carbonyl (C=O) groups is 1. The fourth-order valence-electron chi connectivity index (χ4n) is 1.51. The minimum atomic E-state index is -3.78. The van der Waals surface area contributed by atoms with E-state index < -0.39 is 16.0 Å². The lowest BCUT2D eigenvalue weighted by atomic mass is 10.1. The van der Waals surface area contributed by atoms with Crippen molar-refractivity contribution < 1.29 is 18.3 Å². The fourth-order valence-corrected chi connectivity index (χ4v) is 3.18. The minimum Gasteiger partial charge on any atom is -0.478 e. The molecule has 0 spiro atoms. The predicted molar refractivity (Wildman–Crippen MR) is 76.4 cm³/mol. The van der Waals surface area contributed by atoms with Crippen LogP contribution < -0.4 is 4.72 Å². The number of benzene rings is 1. The van der Waals surface area contributed by atoms with Crippen molar-refractivity contribution in [3.8, 4) is 0 Å². The van der Waals surface area contributed by atoms with Crippen LogP contribution in [0.15, 0.2) is 29.2 Å². The first-order chi connectivity index (χ1) is 9.88. The number of aromatic nitrogens is 3. The summed E-state index contributed by atoms with van der Waals surface area (Å²) in [5, 5.41) is 15.5. The van der Waals surface area contributed by atoms with Gasteiger partial charge in [0.05, 0.1) is 4.90 Å². The van der Waals surface area contributed by atoms with Crippen molar-refractivity contribution in [3.63, 3.8) is 0 Å². The van der Waals surface area contributed by atoms with Crippen LogP contribution in [0.25, 0.3) is 6.08 Å². The van der Waals surface area contributed by atoms with Crippen LogP contribution in [-0.2, 0) is 14.8 Å². The summed E-state index contributed by atoms with van der Waals surface area (Å²) in [4.78, 5) is 10.5. The zero-order valence-electron chi connectivity index (χ0n) is 10.7. The van der Waals surface area contributed by atoms with Gasteiger partial charge in [-0.15, -0.1) is 0 Å². The number of nitrogens with zero attached hydrogens (tertiary/aromatic N) is 3. The summed E-state index contributed by atoms with van der Waals surface area (Å²) in [7, 11) is -3.78. The average Bonchev–Trinajstić information content (AvgIpc) is 2.89. The van der Waals surface area contributed by atoms with E-state index in [2.05, 4.69) is 19.5 Å². The molecule has 1 heterocycles. The molecule has 0 amide bonds. The number of aryl methyl sites for hydroxylation is 1. The molecule has 0 radical (unpaired) electrons. The van der Waals surface area contributed by atoms with Gasteiger partial charge in [-0.3, -0.25) is 4.72 Å². The molecule has 0 aliphatic rings. The van der Waals surface area contributed by atoms with Crippen molar-refractivity contribution in [1.82, 2.24) is 14.8 Å². The van der Waals surface area contributed by atoms with E-state index in [1.165, 1.54) is 24.3 Å². The molecular weight excluding hydrogens is 316 g/mol. The SMILES string of the molecule is Cc1cc(S(=O)(=O)Nc2nnns2)ccc1/C=C/C(=O)O. The van der Waals surface area contributed by atoms with E-state index in [-0.39, 0.29) is 10.0 Å². The van der Waals surface area contributed by atoms with Crippen LogP contribution in [0, 0.1) is 6.92 Å². The molecule has 2 N–H and O–H groups in total.